The molecule has 0 bridgehead atoms. The van der Waals surface area contributed by atoms with Crippen LogP contribution in [0.4, 0.5) is 0 Å². The van der Waals surface area contributed by atoms with Crippen molar-refractivity contribution < 1.29 is 4.74 Å². The molecule has 0 heterocycles. The van der Waals surface area contributed by atoms with Crippen LogP contribution in [0.15, 0.2) is 0 Å². The van der Waals surface area contributed by atoms with Gasteiger partial charge in [0, 0.05) is 19.2 Å². The number of unbranched alkanes of at least 4 members (excludes halogenated alkanes) is 1. The first kappa shape index (κ1) is 15.0. The van der Waals surface area contributed by atoms with Crippen LogP contribution in [0.5, 0.6) is 0 Å². The van der Waals surface area contributed by atoms with Gasteiger partial charge in [0.1, 0.15) is 0 Å². The van der Waals surface area contributed by atoms with Crippen LogP contribution in [0.25, 0.3) is 0 Å². The lowest BCUT2D eigenvalue weighted by atomic mass is 9.79. The minimum atomic E-state index is 0.131. The van der Waals surface area contributed by atoms with Crippen LogP contribution >= 0.6 is 0 Å². The summed E-state index contributed by atoms with van der Waals surface area (Å²) in [6, 6.07) is 0.556. The van der Waals surface area contributed by atoms with Crippen LogP contribution in [0.2, 0.25) is 0 Å². The Morgan fingerprint density at radius 3 is 2.47 bits per heavy atom. The van der Waals surface area contributed by atoms with Gasteiger partial charge < -0.3 is 10.1 Å². The largest absolute Gasteiger partial charge is 0.374 e. The fraction of sp³-hybridized carbons (Fsp3) is 1.00. The second-order valence-corrected chi connectivity index (χ2v) is 6.10. The van der Waals surface area contributed by atoms with Crippen molar-refractivity contribution in [2.45, 2.75) is 77.9 Å². The maximum absolute atomic E-state index is 6.25. The average Bonchev–Trinajstić information content (AvgIpc) is 2.31. The zero-order valence-electron chi connectivity index (χ0n) is 12.2. The number of ether oxygens (including phenoxy) is 1. The lowest BCUT2D eigenvalue weighted by Crippen LogP contribution is -2.47. The third kappa shape index (κ3) is 5.39. The molecule has 1 rings (SSSR count). The van der Waals surface area contributed by atoms with Gasteiger partial charge in [0.2, 0.25) is 0 Å². The SMILES string of the molecule is CCCCOC1(CNC(C)C)CCC(C)CC1. The Kier molecular flexibility index (Phi) is 6.50. The van der Waals surface area contributed by atoms with Gasteiger partial charge in [0.05, 0.1) is 5.60 Å². The van der Waals surface area contributed by atoms with Gasteiger partial charge in [-0.1, -0.05) is 34.1 Å². The first-order chi connectivity index (χ1) is 8.08. The molecule has 0 aromatic rings. The van der Waals surface area contributed by atoms with Crippen LogP contribution in [0.1, 0.15) is 66.2 Å². The predicted octanol–water partition coefficient (Wildman–Crippen LogP) is 3.75. The molecule has 0 unspecified atom stereocenters. The first-order valence-electron chi connectivity index (χ1n) is 7.45. The van der Waals surface area contributed by atoms with Crippen molar-refractivity contribution >= 4 is 0 Å². The number of hydrogen-bond donors (Lipinski definition) is 1. The summed E-state index contributed by atoms with van der Waals surface area (Å²) in [4.78, 5) is 0. The topological polar surface area (TPSA) is 21.3 Å². The molecular weight excluding hydrogens is 210 g/mol. The zero-order valence-corrected chi connectivity index (χ0v) is 12.2. The highest BCUT2D eigenvalue weighted by atomic mass is 16.5. The summed E-state index contributed by atoms with van der Waals surface area (Å²) in [5, 5.41) is 3.57. The number of hydrogen-bond acceptors (Lipinski definition) is 2. The van der Waals surface area contributed by atoms with Crippen LogP contribution in [-0.4, -0.2) is 24.8 Å². The highest BCUT2D eigenvalue weighted by Gasteiger charge is 2.34. The van der Waals surface area contributed by atoms with Gasteiger partial charge in [-0.2, -0.15) is 0 Å². The van der Waals surface area contributed by atoms with Gasteiger partial charge in [0.25, 0.3) is 0 Å². The van der Waals surface area contributed by atoms with Crippen molar-refractivity contribution in [1.29, 1.82) is 0 Å². The van der Waals surface area contributed by atoms with Crippen molar-refractivity contribution in [3.05, 3.63) is 0 Å². The summed E-state index contributed by atoms with van der Waals surface area (Å²) >= 11 is 0. The van der Waals surface area contributed by atoms with E-state index in [4.69, 9.17) is 4.74 Å². The highest BCUT2D eigenvalue weighted by Crippen LogP contribution is 2.34. The third-order valence-electron chi connectivity index (χ3n) is 3.92. The lowest BCUT2D eigenvalue weighted by Gasteiger charge is -2.40. The van der Waals surface area contributed by atoms with E-state index in [2.05, 4.69) is 33.0 Å². The summed E-state index contributed by atoms with van der Waals surface area (Å²) in [6.45, 7) is 11.0. The van der Waals surface area contributed by atoms with Gasteiger partial charge in [-0.25, -0.2) is 0 Å². The molecule has 0 amide bonds. The molecule has 1 saturated carbocycles. The Labute approximate surface area is 108 Å². The Morgan fingerprint density at radius 2 is 1.94 bits per heavy atom. The quantitative estimate of drug-likeness (QED) is 0.685. The molecule has 17 heavy (non-hydrogen) atoms. The number of nitrogens with one attached hydrogen (secondary N) is 1. The Hall–Kier alpha value is -0.0800. The fourth-order valence-corrected chi connectivity index (χ4v) is 2.48. The zero-order chi connectivity index (χ0) is 12.7. The molecular formula is C15H31NO. The molecule has 1 N–H and O–H groups in total. The normalized spacial score (nSPS) is 29.8. The van der Waals surface area contributed by atoms with Crippen molar-refractivity contribution in [2.24, 2.45) is 5.92 Å². The van der Waals surface area contributed by atoms with E-state index in [1.807, 2.05) is 0 Å². The van der Waals surface area contributed by atoms with Crippen LogP contribution < -0.4 is 5.32 Å². The van der Waals surface area contributed by atoms with E-state index in [-0.39, 0.29) is 5.60 Å². The molecule has 0 aromatic carbocycles. The Bertz CT molecular complexity index is 195. The molecule has 1 aliphatic carbocycles. The Balaban J connectivity index is 2.44. The molecule has 102 valence electrons. The average molecular weight is 241 g/mol. The second-order valence-electron chi connectivity index (χ2n) is 6.10. The van der Waals surface area contributed by atoms with Crippen molar-refractivity contribution in [3.63, 3.8) is 0 Å². The molecule has 0 saturated heterocycles. The van der Waals surface area contributed by atoms with Gasteiger partial charge in [-0.3, -0.25) is 0 Å². The van der Waals surface area contributed by atoms with Gasteiger partial charge in [0.15, 0.2) is 0 Å². The third-order valence-corrected chi connectivity index (χ3v) is 3.92. The molecule has 1 aliphatic rings. The van der Waals surface area contributed by atoms with Gasteiger partial charge in [-0.15, -0.1) is 0 Å². The van der Waals surface area contributed by atoms with Crippen molar-refractivity contribution in [2.75, 3.05) is 13.2 Å². The molecule has 0 atom stereocenters. The van der Waals surface area contributed by atoms with Crippen molar-refractivity contribution in [1.82, 2.24) is 5.32 Å². The van der Waals surface area contributed by atoms with E-state index in [1.165, 1.54) is 38.5 Å². The second kappa shape index (κ2) is 7.38. The van der Waals surface area contributed by atoms with Crippen LogP contribution in [0.3, 0.4) is 0 Å². The molecule has 0 radical (unpaired) electrons. The molecule has 1 fully saturated rings. The predicted molar refractivity (Wildman–Crippen MR) is 74.4 cm³/mol. The minimum absolute atomic E-state index is 0.131. The molecule has 0 spiro atoms. The maximum atomic E-state index is 6.25. The van der Waals surface area contributed by atoms with Crippen LogP contribution in [0, 0.1) is 5.92 Å². The van der Waals surface area contributed by atoms with E-state index in [0.717, 1.165) is 19.1 Å². The van der Waals surface area contributed by atoms with Crippen molar-refractivity contribution in [3.8, 4) is 0 Å². The highest BCUT2D eigenvalue weighted by molar-refractivity contribution is 4.89. The number of rotatable bonds is 7. The van der Waals surface area contributed by atoms with Crippen LogP contribution in [-0.2, 0) is 4.74 Å². The fourth-order valence-electron chi connectivity index (χ4n) is 2.48. The summed E-state index contributed by atoms with van der Waals surface area (Å²) in [5.41, 5.74) is 0.131. The minimum Gasteiger partial charge on any atom is -0.374 e. The van der Waals surface area contributed by atoms with E-state index in [9.17, 15) is 0 Å². The molecule has 2 heteroatoms. The smallest absolute Gasteiger partial charge is 0.0806 e. The molecule has 0 aliphatic heterocycles. The summed E-state index contributed by atoms with van der Waals surface area (Å²) in [5.74, 6) is 0.886. The summed E-state index contributed by atoms with van der Waals surface area (Å²) in [7, 11) is 0. The molecule has 0 aromatic heterocycles. The van der Waals surface area contributed by atoms with E-state index in [1.54, 1.807) is 0 Å². The standard InChI is InChI=1S/C15H31NO/c1-5-6-11-17-15(12-16-13(2)3)9-7-14(4)8-10-15/h13-14,16H,5-12H2,1-4H3. The van der Waals surface area contributed by atoms with E-state index in [0.29, 0.717) is 6.04 Å². The first-order valence-corrected chi connectivity index (χ1v) is 7.45. The van der Waals surface area contributed by atoms with E-state index < -0.39 is 0 Å². The Morgan fingerprint density at radius 1 is 1.29 bits per heavy atom. The monoisotopic (exact) mass is 241 g/mol. The lowest BCUT2D eigenvalue weighted by molar-refractivity contribution is -0.0769. The summed E-state index contributed by atoms with van der Waals surface area (Å²) < 4.78 is 6.25. The van der Waals surface area contributed by atoms with Gasteiger partial charge in [-0.05, 0) is 38.0 Å². The van der Waals surface area contributed by atoms with E-state index >= 15 is 0 Å². The maximum Gasteiger partial charge on any atom is 0.0806 e. The summed E-state index contributed by atoms with van der Waals surface area (Å²) in [6.07, 6.45) is 7.54. The van der Waals surface area contributed by atoms with Gasteiger partial charge >= 0.3 is 0 Å². The molecule has 2 nitrogen and oxygen atoms in total.